The molecule has 0 aliphatic heterocycles. The molecule has 0 bridgehead atoms. The molecule has 0 aromatic heterocycles. The summed E-state index contributed by atoms with van der Waals surface area (Å²) in [5, 5.41) is 3.18. The van der Waals surface area contributed by atoms with Crippen LogP contribution >= 0.6 is 0 Å². The van der Waals surface area contributed by atoms with Gasteiger partial charge in [0.25, 0.3) is 0 Å². The van der Waals surface area contributed by atoms with Crippen LogP contribution in [-0.2, 0) is 0 Å². The van der Waals surface area contributed by atoms with Gasteiger partial charge in [0.05, 0.1) is 18.8 Å². The predicted octanol–water partition coefficient (Wildman–Crippen LogP) is 3.02. The summed E-state index contributed by atoms with van der Waals surface area (Å²) in [5.74, 6) is 0.701. The molecular weight excluding hydrogens is 252 g/mol. The van der Waals surface area contributed by atoms with Crippen LogP contribution in [0.15, 0.2) is 18.2 Å². The largest absolute Gasteiger partial charge is 0.492 e. The van der Waals surface area contributed by atoms with Crippen LogP contribution in [0.2, 0.25) is 0 Å². The molecule has 0 saturated heterocycles. The minimum Gasteiger partial charge on any atom is -0.492 e. The lowest BCUT2D eigenvalue weighted by atomic mass is 10.1. The zero-order valence-corrected chi connectivity index (χ0v) is 12.6. The molecule has 0 spiro atoms. The topological polar surface area (TPSA) is 64.3 Å². The number of rotatable bonds is 10. The van der Waals surface area contributed by atoms with Gasteiger partial charge in [0.1, 0.15) is 5.75 Å². The summed E-state index contributed by atoms with van der Waals surface area (Å²) in [7, 11) is 0. The van der Waals surface area contributed by atoms with Crippen molar-refractivity contribution in [2.45, 2.75) is 39.5 Å². The Morgan fingerprint density at radius 1 is 1.25 bits per heavy atom. The van der Waals surface area contributed by atoms with E-state index in [4.69, 9.17) is 10.5 Å². The van der Waals surface area contributed by atoms with Crippen molar-refractivity contribution in [2.75, 3.05) is 25.4 Å². The van der Waals surface area contributed by atoms with Crippen LogP contribution in [-0.4, -0.2) is 25.5 Å². The molecule has 4 nitrogen and oxygen atoms in total. The highest BCUT2D eigenvalue weighted by atomic mass is 16.5. The quantitative estimate of drug-likeness (QED) is 0.392. The summed E-state index contributed by atoms with van der Waals surface area (Å²) in [6.07, 6.45) is 4.82. The molecule has 3 N–H and O–H groups in total. The highest BCUT2D eigenvalue weighted by Crippen LogP contribution is 2.22. The summed E-state index contributed by atoms with van der Waals surface area (Å²) >= 11 is 0. The molecule has 112 valence electrons. The van der Waals surface area contributed by atoms with Gasteiger partial charge < -0.3 is 15.8 Å². The molecule has 0 fully saturated rings. The van der Waals surface area contributed by atoms with Crippen LogP contribution < -0.4 is 15.8 Å². The summed E-state index contributed by atoms with van der Waals surface area (Å²) < 4.78 is 5.36. The van der Waals surface area contributed by atoms with E-state index in [1.54, 1.807) is 18.2 Å². The van der Waals surface area contributed by atoms with E-state index >= 15 is 0 Å². The molecule has 1 aromatic carbocycles. The maximum absolute atomic E-state index is 12.0. The molecule has 0 atom stereocenters. The van der Waals surface area contributed by atoms with Gasteiger partial charge in [0, 0.05) is 5.56 Å². The van der Waals surface area contributed by atoms with Gasteiger partial charge in [-0.15, -0.1) is 0 Å². The predicted molar refractivity (Wildman–Crippen MR) is 83.4 cm³/mol. The van der Waals surface area contributed by atoms with E-state index in [0.29, 0.717) is 30.2 Å². The van der Waals surface area contributed by atoms with Gasteiger partial charge in [-0.3, -0.25) is 4.79 Å². The Kier molecular flexibility index (Phi) is 7.73. The molecule has 1 rings (SSSR count). The third-order valence-electron chi connectivity index (χ3n) is 3.12. The molecule has 0 unspecified atom stereocenters. The average molecular weight is 278 g/mol. The minimum absolute atomic E-state index is 0.0650. The first-order valence-electron chi connectivity index (χ1n) is 7.45. The fourth-order valence-electron chi connectivity index (χ4n) is 1.99. The third kappa shape index (κ3) is 5.61. The fraction of sp³-hybridized carbons (Fsp3) is 0.562. The van der Waals surface area contributed by atoms with Crippen molar-refractivity contribution in [2.24, 2.45) is 0 Å². The molecule has 0 aliphatic rings. The van der Waals surface area contributed by atoms with Gasteiger partial charge >= 0.3 is 0 Å². The van der Waals surface area contributed by atoms with E-state index in [9.17, 15) is 4.79 Å². The van der Waals surface area contributed by atoms with Gasteiger partial charge in [0.15, 0.2) is 5.78 Å². The molecule has 20 heavy (non-hydrogen) atoms. The molecule has 0 radical (unpaired) electrons. The van der Waals surface area contributed by atoms with E-state index in [-0.39, 0.29) is 5.78 Å². The zero-order valence-electron chi connectivity index (χ0n) is 12.6. The van der Waals surface area contributed by atoms with Crippen molar-refractivity contribution in [3.05, 3.63) is 23.8 Å². The number of hydrogen-bond acceptors (Lipinski definition) is 4. The lowest BCUT2D eigenvalue weighted by Crippen LogP contribution is -2.24. The van der Waals surface area contributed by atoms with Crippen molar-refractivity contribution in [3.63, 3.8) is 0 Å². The Morgan fingerprint density at radius 3 is 2.70 bits per heavy atom. The van der Waals surface area contributed by atoms with E-state index in [1.165, 1.54) is 19.3 Å². The number of ketones is 1. The minimum atomic E-state index is 0.0650. The Hall–Kier alpha value is -1.55. The smallest absolute Gasteiger partial charge is 0.176 e. The van der Waals surface area contributed by atoms with Crippen LogP contribution in [0.25, 0.3) is 0 Å². The lowest BCUT2D eigenvalue weighted by Gasteiger charge is -2.09. The Morgan fingerprint density at radius 2 is 2.05 bits per heavy atom. The second kappa shape index (κ2) is 9.37. The number of benzene rings is 1. The summed E-state index contributed by atoms with van der Waals surface area (Å²) in [6.45, 7) is 5.91. The van der Waals surface area contributed by atoms with Gasteiger partial charge in [-0.05, 0) is 38.1 Å². The van der Waals surface area contributed by atoms with Crippen LogP contribution in [0.4, 0.5) is 5.69 Å². The number of ether oxygens (including phenoxy) is 1. The highest BCUT2D eigenvalue weighted by molar-refractivity contribution is 5.98. The average Bonchev–Trinajstić information content (AvgIpc) is 2.45. The maximum Gasteiger partial charge on any atom is 0.176 e. The molecule has 0 saturated carbocycles. The monoisotopic (exact) mass is 278 g/mol. The third-order valence-corrected chi connectivity index (χ3v) is 3.12. The molecule has 4 heteroatoms. The number of nitrogens with one attached hydrogen (secondary N) is 1. The van der Waals surface area contributed by atoms with Crippen LogP contribution in [0.5, 0.6) is 5.75 Å². The molecular formula is C16H26N2O2. The SMILES string of the molecule is CCCCCCNCC(=O)c1ccc(OCC)c(N)c1. The van der Waals surface area contributed by atoms with Gasteiger partial charge in [-0.2, -0.15) is 0 Å². The van der Waals surface area contributed by atoms with E-state index in [2.05, 4.69) is 12.2 Å². The molecule has 1 aromatic rings. The molecule has 0 amide bonds. The summed E-state index contributed by atoms with van der Waals surface area (Å²) in [5.41, 5.74) is 7.00. The standard InChI is InChI=1S/C16H26N2O2/c1-3-5-6-7-10-18-12-15(19)13-8-9-16(20-4-2)14(17)11-13/h8-9,11,18H,3-7,10,12,17H2,1-2H3. The van der Waals surface area contributed by atoms with Crippen molar-refractivity contribution < 1.29 is 9.53 Å². The summed E-state index contributed by atoms with van der Waals surface area (Å²) in [6, 6.07) is 5.21. The number of nitrogen functional groups attached to an aromatic ring is 1. The second-order valence-corrected chi connectivity index (χ2v) is 4.85. The van der Waals surface area contributed by atoms with Crippen molar-refractivity contribution >= 4 is 11.5 Å². The zero-order chi connectivity index (χ0) is 14.8. The maximum atomic E-state index is 12.0. The molecule has 0 heterocycles. The number of carbonyl (C=O) groups excluding carboxylic acids is 1. The van der Waals surface area contributed by atoms with E-state index in [1.807, 2.05) is 6.92 Å². The highest BCUT2D eigenvalue weighted by Gasteiger charge is 2.08. The van der Waals surface area contributed by atoms with E-state index in [0.717, 1.165) is 13.0 Å². The Bertz CT molecular complexity index is 419. The first-order valence-corrected chi connectivity index (χ1v) is 7.45. The van der Waals surface area contributed by atoms with Gasteiger partial charge in [-0.1, -0.05) is 26.2 Å². The number of hydrogen-bond donors (Lipinski definition) is 2. The fourth-order valence-corrected chi connectivity index (χ4v) is 1.99. The number of Topliss-reactive ketones (excluding diaryl/α,β-unsaturated/α-hetero) is 1. The summed E-state index contributed by atoms with van der Waals surface area (Å²) in [4.78, 5) is 12.0. The normalized spacial score (nSPS) is 10.5. The lowest BCUT2D eigenvalue weighted by molar-refractivity contribution is 0.0991. The first kappa shape index (κ1) is 16.5. The number of anilines is 1. The van der Waals surface area contributed by atoms with Gasteiger partial charge in [-0.25, -0.2) is 0 Å². The van der Waals surface area contributed by atoms with Crippen molar-refractivity contribution in [1.29, 1.82) is 0 Å². The Balaban J connectivity index is 2.38. The van der Waals surface area contributed by atoms with E-state index < -0.39 is 0 Å². The van der Waals surface area contributed by atoms with Crippen molar-refractivity contribution in [1.82, 2.24) is 5.32 Å². The number of unbranched alkanes of at least 4 members (excludes halogenated alkanes) is 3. The van der Waals surface area contributed by atoms with Crippen LogP contribution in [0, 0.1) is 0 Å². The molecule has 0 aliphatic carbocycles. The van der Waals surface area contributed by atoms with Gasteiger partial charge in [0.2, 0.25) is 0 Å². The van der Waals surface area contributed by atoms with Crippen LogP contribution in [0.1, 0.15) is 49.9 Å². The second-order valence-electron chi connectivity index (χ2n) is 4.85. The number of nitrogens with two attached hydrogens (primary N) is 1. The van der Waals surface area contributed by atoms with Crippen LogP contribution in [0.3, 0.4) is 0 Å². The van der Waals surface area contributed by atoms with Crippen molar-refractivity contribution in [3.8, 4) is 5.75 Å². The first-order chi connectivity index (χ1) is 9.69. The Labute approximate surface area is 121 Å². The number of carbonyl (C=O) groups is 1.